The van der Waals surface area contributed by atoms with E-state index in [1.54, 1.807) is 12.1 Å². The van der Waals surface area contributed by atoms with Gasteiger partial charge < -0.3 is 14.8 Å². The highest BCUT2D eigenvalue weighted by Crippen LogP contribution is 2.38. The Labute approximate surface area is 176 Å². The van der Waals surface area contributed by atoms with E-state index >= 15 is 0 Å². The summed E-state index contributed by atoms with van der Waals surface area (Å²) < 4.78 is 2.31. The van der Waals surface area contributed by atoms with Gasteiger partial charge in [-0.2, -0.15) is 0 Å². The standard InChI is InChI=1S/C22H27ClN4O2/c1-15-13-18(16(2)27(15)17-7-8-17)22(29)26-11-9-25(10-12-26)14-21(28)24-20-6-4-3-5-19(20)23/h3-6,13,17H,7-12,14H2,1-2H3,(H,24,28). The molecule has 29 heavy (non-hydrogen) atoms. The fourth-order valence-electron chi connectivity index (χ4n) is 4.12. The van der Waals surface area contributed by atoms with Crippen molar-refractivity contribution in [2.75, 3.05) is 38.0 Å². The summed E-state index contributed by atoms with van der Waals surface area (Å²) in [6, 6.07) is 9.81. The lowest BCUT2D eigenvalue weighted by molar-refractivity contribution is -0.117. The summed E-state index contributed by atoms with van der Waals surface area (Å²) in [7, 11) is 0. The minimum atomic E-state index is -0.0918. The molecule has 0 bridgehead atoms. The van der Waals surface area contributed by atoms with Crippen LogP contribution in [0.25, 0.3) is 0 Å². The molecule has 1 saturated heterocycles. The maximum atomic E-state index is 13.0. The first-order valence-corrected chi connectivity index (χ1v) is 10.6. The summed E-state index contributed by atoms with van der Waals surface area (Å²) in [6.45, 7) is 7.05. The van der Waals surface area contributed by atoms with Gasteiger partial charge in [-0.1, -0.05) is 23.7 Å². The van der Waals surface area contributed by atoms with Gasteiger partial charge in [0.05, 0.1) is 22.8 Å². The highest BCUT2D eigenvalue weighted by Gasteiger charge is 2.30. The van der Waals surface area contributed by atoms with E-state index in [0.29, 0.717) is 49.5 Å². The van der Waals surface area contributed by atoms with E-state index in [2.05, 4.69) is 21.7 Å². The lowest BCUT2D eigenvalue weighted by Crippen LogP contribution is -2.50. The second kappa shape index (κ2) is 8.20. The van der Waals surface area contributed by atoms with Crippen molar-refractivity contribution < 1.29 is 9.59 Å². The van der Waals surface area contributed by atoms with Crippen LogP contribution in [-0.2, 0) is 4.79 Å². The Hall–Kier alpha value is -2.31. The van der Waals surface area contributed by atoms with E-state index < -0.39 is 0 Å². The third-order valence-electron chi connectivity index (χ3n) is 5.80. The molecule has 1 aromatic heterocycles. The van der Waals surface area contributed by atoms with Crippen molar-refractivity contribution in [3.8, 4) is 0 Å². The SMILES string of the molecule is Cc1cc(C(=O)N2CCN(CC(=O)Nc3ccccc3Cl)CC2)c(C)n1C1CC1. The maximum absolute atomic E-state index is 13.0. The molecule has 6 nitrogen and oxygen atoms in total. The molecule has 1 aromatic carbocycles. The number of amides is 2. The van der Waals surface area contributed by atoms with E-state index in [1.165, 1.54) is 18.5 Å². The number of hydrogen-bond donors (Lipinski definition) is 1. The number of benzene rings is 1. The number of carbonyl (C=O) groups excluding carboxylic acids is 2. The van der Waals surface area contributed by atoms with Crippen molar-refractivity contribution in [1.29, 1.82) is 0 Å². The molecule has 1 aliphatic heterocycles. The highest BCUT2D eigenvalue weighted by atomic mass is 35.5. The number of aromatic nitrogens is 1. The number of hydrogen-bond acceptors (Lipinski definition) is 3. The minimum Gasteiger partial charge on any atom is -0.345 e. The van der Waals surface area contributed by atoms with E-state index in [4.69, 9.17) is 11.6 Å². The number of piperazine rings is 1. The summed E-state index contributed by atoms with van der Waals surface area (Å²) in [6.07, 6.45) is 2.41. The van der Waals surface area contributed by atoms with Gasteiger partial charge in [-0.3, -0.25) is 14.5 Å². The third kappa shape index (κ3) is 4.33. The Morgan fingerprint density at radius 3 is 2.45 bits per heavy atom. The Morgan fingerprint density at radius 1 is 1.10 bits per heavy atom. The zero-order valence-corrected chi connectivity index (χ0v) is 17.7. The molecule has 1 N–H and O–H groups in total. The molecule has 2 heterocycles. The van der Waals surface area contributed by atoms with Gasteiger partial charge in [0.1, 0.15) is 0 Å². The van der Waals surface area contributed by atoms with E-state index in [9.17, 15) is 9.59 Å². The topological polar surface area (TPSA) is 57.6 Å². The van der Waals surface area contributed by atoms with Gasteiger partial charge in [-0.25, -0.2) is 0 Å². The normalized spacial score (nSPS) is 17.4. The molecule has 154 valence electrons. The quantitative estimate of drug-likeness (QED) is 0.814. The van der Waals surface area contributed by atoms with Crippen molar-refractivity contribution in [3.05, 3.63) is 52.3 Å². The monoisotopic (exact) mass is 414 g/mol. The second-order valence-corrected chi connectivity index (χ2v) is 8.39. The van der Waals surface area contributed by atoms with Crippen molar-refractivity contribution in [2.24, 2.45) is 0 Å². The summed E-state index contributed by atoms with van der Waals surface area (Å²) in [5.74, 6) is 0.0102. The molecule has 2 amide bonds. The number of halogens is 1. The second-order valence-electron chi connectivity index (χ2n) is 7.98. The Morgan fingerprint density at radius 2 is 1.79 bits per heavy atom. The van der Waals surface area contributed by atoms with Crippen LogP contribution < -0.4 is 5.32 Å². The number of rotatable bonds is 5. The van der Waals surface area contributed by atoms with Crippen molar-refractivity contribution >= 4 is 29.1 Å². The summed E-state index contributed by atoms with van der Waals surface area (Å²) in [5, 5.41) is 3.38. The Kier molecular flexibility index (Phi) is 5.65. The van der Waals surface area contributed by atoms with Crippen LogP contribution in [0.2, 0.25) is 5.02 Å². The van der Waals surface area contributed by atoms with Gasteiger partial charge in [-0.15, -0.1) is 0 Å². The number of aryl methyl sites for hydroxylation is 1. The Bertz CT molecular complexity index is 927. The molecule has 0 atom stereocenters. The average molecular weight is 415 g/mol. The molecule has 4 rings (SSSR count). The van der Waals surface area contributed by atoms with E-state index in [1.807, 2.05) is 30.0 Å². The predicted molar refractivity (Wildman–Crippen MR) is 115 cm³/mol. The molecule has 7 heteroatoms. The van der Waals surface area contributed by atoms with Crippen LogP contribution in [-0.4, -0.2) is 58.9 Å². The fraction of sp³-hybridized carbons (Fsp3) is 0.455. The van der Waals surface area contributed by atoms with Crippen LogP contribution >= 0.6 is 11.6 Å². The van der Waals surface area contributed by atoms with Crippen LogP contribution in [0, 0.1) is 13.8 Å². The van der Waals surface area contributed by atoms with Crippen LogP contribution in [0.15, 0.2) is 30.3 Å². The molecule has 1 saturated carbocycles. The summed E-state index contributed by atoms with van der Waals surface area (Å²) >= 11 is 6.10. The zero-order valence-electron chi connectivity index (χ0n) is 16.9. The number of anilines is 1. The first kappa shape index (κ1) is 20.0. The predicted octanol–water partition coefficient (Wildman–Crippen LogP) is 3.49. The number of nitrogens with one attached hydrogen (secondary N) is 1. The number of nitrogens with zero attached hydrogens (tertiary/aromatic N) is 3. The third-order valence-corrected chi connectivity index (χ3v) is 6.13. The first-order chi connectivity index (χ1) is 13.9. The van der Waals surface area contributed by atoms with E-state index in [-0.39, 0.29) is 11.8 Å². The van der Waals surface area contributed by atoms with Gasteiger partial charge in [0, 0.05) is 43.6 Å². The average Bonchev–Trinajstić information content (AvgIpc) is 3.48. The van der Waals surface area contributed by atoms with Crippen molar-refractivity contribution in [3.63, 3.8) is 0 Å². The van der Waals surface area contributed by atoms with Gasteiger partial charge in [0.25, 0.3) is 5.91 Å². The lowest BCUT2D eigenvalue weighted by atomic mass is 10.2. The van der Waals surface area contributed by atoms with Crippen LogP contribution in [0.3, 0.4) is 0 Å². The minimum absolute atomic E-state index is 0.0918. The van der Waals surface area contributed by atoms with Gasteiger partial charge >= 0.3 is 0 Å². The molecule has 2 aliphatic rings. The van der Waals surface area contributed by atoms with Crippen molar-refractivity contribution in [1.82, 2.24) is 14.4 Å². The van der Waals surface area contributed by atoms with Gasteiger partial charge in [-0.05, 0) is 44.9 Å². The summed E-state index contributed by atoms with van der Waals surface area (Å²) in [5.41, 5.74) is 3.69. The van der Waals surface area contributed by atoms with Crippen molar-refractivity contribution in [2.45, 2.75) is 32.7 Å². The van der Waals surface area contributed by atoms with E-state index in [0.717, 1.165) is 11.3 Å². The molecule has 0 unspecified atom stereocenters. The molecule has 0 spiro atoms. The van der Waals surface area contributed by atoms with Crippen LogP contribution in [0.1, 0.15) is 40.6 Å². The fourth-order valence-corrected chi connectivity index (χ4v) is 4.31. The maximum Gasteiger partial charge on any atom is 0.255 e. The molecule has 2 aromatic rings. The number of para-hydroxylation sites is 1. The molecule has 0 radical (unpaired) electrons. The van der Waals surface area contributed by atoms with Crippen LogP contribution in [0.5, 0.6) is 0 Å². The zero-order chi connectivity index (χ0) is 20.5. The largest absolute Gasteiger partial charge is 0.345 e. The van der Waals surface area contributed by atoms with Gasteiger partial charge in [0.15, 0.2) is 0 Å². The van der Waals surface area contributed by atoms with Crippen LogP contribution in [0.4, 0.5) is 5.69 Å². The van der Waals surface area contributed by atoms with Gasteiger partial charge in [0.2, 0.25) is 5.91 Å². The first-order valence-electron chi connectivity index (χ1n) is 10.2. The smallest absolute Gasteiger partial charge is 0.255 e. The molecule has 1 aliphatic carbocycles. The molecule has 2 fully saturated rings. The molecular weight excluding hydrogens is 388 g/mol. The Balaban J connectivity index is 1.31. The summed E-state index contributed by atoms with van der Waals surface area (Å²) in [4.78, 5) is 29.3. The number of carbonyl (C=O) groups is 2. The highest BCUT2D eigenvalue weighted by molar-refractivity contribution is 6.33. The molecular formula is C22H27ClN4O2. The lowest BCUT2D eigenvalue weighted by Gasteiger charge is -2.34.